The molecule has 10 heteroatoms. The van der Waals surface area contributed by atoms with E-state index in [0.29, 0.717) is 33.9 Å². The number of aromatic nitrogens is 3. The van der Waals surface area contributed by atoms with Crippen molar-refractivity contribution in [3.63, 3.8) is 0 Å². The maximum absolute atomic E-state index is 12.2. The van der Waals surface area contributed by atoms with Crippen LogP contribution in [0.25, 0.3) is 11.4 Å². The molecular weight excluding hydrogens is 466 g/mol. The van der Waals surface area contributed by atoms with Crippen LogP contribution in [0.15, 0.2) is 49.3 Å². The molecule has 0 spiro atoms. The summed E-state index contributed by atoms with van der Waals surface area (Å²) < 4.78 is 5.65. The summed E-state index contributed by atoms with van der Waals surface area (Å²) in [5.74, 6) is 1.05. The number of anilines is 4. The first-order valence-electron chi connectivity index (χ1n) is 10.9. The summed E-state index contributed by atoms with van der Waals surface area (Å²) in [6.07, 6.45) is 2.66. The SMILES string of the molecule is C=CC(=O)Nc1cc(Nc2ncnc(-c3cc(C)cc(Cl)c3)n2)c(OC)cc1N(C)CCN(C)C. The lowest BCUT2D eigenvalue weighted by molar-refractivity contribution is -0.111. The molecule has 3 aromatic rings. The van der Waals surface area contributed by atoms with E-state index in [1.54, 1.807) is 19.2 Å². The van der Waals surface area contributed by atoms with E-state index in [1.165, 1.54) is 12.4 Å². The number of halogens is 1. The standard InChI is InChI=1S/C25H30ClN7O2/c1-7-23(34)29-19-13-20(22(35-6)14-21(19)33(5)9-8-32(3)4)30-25-28-15-27-24(31-25)17-10-16(2)11-18(26)12-17/h7,10-15H,1,8-9H2,2-6H3,(H,29,34)(H,27,28,30,31). The van der Waals surface area contributed by atoms with Gasteiger partial charge in [0.05, 0.1) is 24.2 Å². The topological polar surface area (TPSA) is 95.5 Å². The van der Waals surface area contributed by atoms with Crippen molar-refractivity contribution >= 4 is 40.5 Å². The Hall–Kier alpha value is -3.69. The molecule has 0 unspecified atom stereocenters. The monoisotopic (exact) mass is 495 g/mol. The molecule has 1 heterocycles. The van der Waals surface area contributed by atoms with Gasteiger partial charge in [0.2, 0.25) is 11.9 Å². The number of rotatable bonds is 10. The molecule has 35 heavy (non-hydrogen) atoms. The summed E-state index contributed by atoms with van der Waals surface area (Å²) in [6, 6.07) is 9.27. The molecule has 0 aliphatic heterocycles. The number of hydrogen-bond donors (Lipinski definition) is 2. The molecule has 2 N–H and O–H groups in total. The van der Waals surface area contributed by atoms with Gasteiger partial charge >= 0.3 is 0 Å². The van der Waals surface area contributed by atoms with Crippen molar-refractivity contribution in [2.45, 2.75) is 6.92 Å². The number of amides is 1. The lowest BCUT2D eigenvalue weighted by atomic mass is 10.1. The molecule has 0 radical (unpaired) electrons. The van der Waals surface area contributed by atoms with E-state index < -0.39 is 0 Å². The van der Waals surface area contributed by atoms with Crippen LogP contribution in [0.3, 0.4) is 0 Å². The molecule has 0 atom stereocenters. The second-order valence-corrected chi connectivity index (χ2v) is 8.70. The molecule has 0 saturated carbocycles. The van der Waals surface area contributed by atoms with Crippen molar-refractivity contribution in [2.24, 2.45) is 0 Å². The van der Waals surface area contributed by atoms with E-state index in [1.807, 2.05) is 51.2 Å². The molecule has 0 bridgehead atoms. The Morgan fingerprint density at radius 3 is 2.54 bits per heavy atom. The second-order valence-electron chi connectivity index (χ2n) is 8.26. The van der Waals surface area contributed by atoms with Crippen LogP contribution in [0, 0.1) is 6.92 Å². The number of hydrogen-bond acceptors (Lipinski definition) is 8. The Morgan fingerprint density at radius 1 is 1.11 bits per heavy atom. The largest absolute Gasteiger partial charge is 0.494 e. The molecule has 1 amide bonds. The molecule has 0 saturated heterocycles. The Kier molecular flexibility index (Phi) is 8.62. The zero-order chi connectivity index (χ0) is 25.5. The average Bonchev–Trinajstić information content (AvgIpc) is 2.82. The highest BCUT2D eigenvalue weighted by molar-refractivity contribution is 6.30. The molecule has 0 aliphatic rings. The highest BCUT2D eigenvalue weighted by Crippen LogP contribution is 2.38. The van der Waals surface area contributed by atoms with E-state index >= 15 is 0 Å². The number of carbonyl (C=O) groups excluding carboxylic acids is 1. The molecule has 0 aliphatic carbocycles. The maximum atomic E-state index is 12.2. The fourth-order valence-electron chi connectivity index (χ4n) is 3.39. The number of carbonyl (C=O) groups is 1. The van der Waals surface area contributed by atoms with Crippen LogP contribution >= 0.6 is 11.6 Å². The van der Waals surface area contributed by atoms with Crippen LogP contribution in [-0.2, 0) is 4.79 Å². The van der Waals surface area contributed by atoms with Gasteiger partial charge < -0.3 is 25.2 Å². The first-order valence-corrected chi connectivity index (χ1v) is 11.3. The minimum atomic E-state index is -0.317. The highest BCUT2D eigenvalue weighted by Gasteiger charge is 2.17. The molecule has 184 valence electrons. The number of benzene rings is 2. The summed E-state index contributed by atoms with van der Waals surface area (Å²) in [6.45, 7) is 7.10. The van der Waals surface area contributed by atoms with E-state index in [2.05, 4.69) is 37.1 Å². The van der Waals surface area contributed by atoms with Gasteiger partial charge in [-0.3, -0.25) is 4.79 Å². The normalized spacial score (nSPS) is 10.7. The Morgan fingerprint density at radius 2 is 1.89 bits per heavy atom. The van der Waals surface area contributed by atoms with Gasteiger partial charge in [0.25, 0.3) is 0 Å². The van der Waals surface area contributed by atoms with Crippen LogP contribution in [0.2, 0.25) is 5.02 Å². The second kappa shape index (κ2) is 11.6. The van der Waals surface area contributed by atoms with Gasteiger partial charge in [-0.2, -0.15) is 4.98 Å². The van der Waals surface area contributed by atoms with Gasteiger partial charge in [0.1, 0.15) is 12.1 Å². The number of ether oxygens (including phenoxy) is 1. The third kappa shape index (κ3) is 6.91. The van der Waals surface area contributed by atoms with Gasteiger partial charge in [-0.1, -0.05) is 18.2 Å². The summed E-state index contributed by atoms with van der Waals surface area (Å²) in [7, 11) is 7.56. The third-order valence-corrected chi connectivity index (χ3v) is 5.39. The number of likely N-dealkylation sites (N-methyl/N-ethyl adjacent to an activating group) is 2. The van der Waals surface area contributed by atoms with Crippen LogP contribution < -0.4 is 20.3 Å². The van der Waals surface area contributed by atoms with Gasteiger partial charge in [-0.25, -0.2) is 9.97 Å². The third-order valence-electron chi connectivity index (χ3n) is 5.17. The summed E-state index contributed by atoms with van der Waals surface area (Å²) >= 11 is 6.21. The molecule has 3 rings (SSSR count). The van der Waals surface area contributed by atoms with Crippen LogP contribution in [-0.4, -0.2) is 67.1 Å². The maximum Gasteiger partial charge on any atom is 0.247 e. The van der Waals surface area contributed by atoms with Crippen molar-refractivity contribution in [1.82, 2.24) is 19.9 Å². The van der Waals surface area contributed by atoms with Crippen LogP contribution in [0.1, 0.15) is 5.56 Å². The molecule has 1 aromatic heterocycles. The number of aryl methyl sites for hydroxylation is 1. The van der Waals surface area contributed by atoms with Crippen molar-refractivity contribution in [3.8, 4) is 17.1 Å². The minimum Gasteiger partial charge on any atom is -0.494 e. The fourth-order valence-corrected chi connectivity index (χ4v) is 3.68. The number of nitrogens with one attached hydrogen (secondary N) is 2. The summed E-state index contributed by atoms with van der Waals surface area (Å²) in [4.78, 5) is 29.4. The Balaban J connectivity index is 1.99. The van der Waals surface area contributed by atoms with Crippen LogP contribution in [0.4, 0.5) is 23.0 Å². The van der Waals surface area contributed by atoms with Crippen molar-refractivity contribution in [2.75, 3.05) is 56.9 Å². The van der Waals surface area contributed by atoms with E-state index in [4.69, 9.17) is 16.3 Å². The van der Waals surface area contributed by atoms with Crippen molar-refractivity contribution in [1.29, 1.82) is 0 Å². The average molecular weight is 496 g/mol. The summed E-state index contributed by atoms with van der Waals surface area (Å²) in [5, 5.41) is 6.67. The van der Waals surface area contributed by atoms with E-state index in [-0.39, 0.29) is 5.91 Å². The zero-order valence-corrected chi connectivity index (χ0v) is 21.3. The predicted molar refractivity (Wildman–Crippen MR) is 142 cm³/mol. The minimum absolute atomic E-state index is 0.317. The number of nitrogens with zero attached hydrogens (tertiary/aromatic N) is 5. The fraction of sp³-hybridized carbons (Fsp3) is 0.280. The Bertz CT molecular complexity index is 1200. The summed E-state index contributed by atoms with van der Waals surface area (Å²) in [5.41, 5.74) is 3.76. The van der Waals surface area contributed by atoms with Gasteiger partial charge in [-0.15, -0.1) is 0 Å². The molecule has 2 aromatic carbocycles. The lowest BCUT2D eigenvalue weighted by Crippen LogP contribution is -2.29. The molecule has 9 nitrogen and oxygen atoms in total. The smallest absolute Gasteiger partial charge is 0.247 e. The quantitative estimate of drug-likeness (QED) is 0.400. The van der Waals surface area contributed by atoms with Crippen LogP contribution in [0.5, 0.6) is 5.75 Å². The Labute approximate surface area is 210 Å². The molecular formula is C25H30ClN7O2. The van der Waals surface area contributed by atoms with E-state index in [0.717, 1.165) is 29.9 Å². The molecule has 0 fully saturated rings. The van der Waals surface area contributed by atoms with Gasteiger partial charge in [-0.05, 0) is 56.9 Å². The first-order chi connectivity index (χ1) is 16.7. The predicted octanol–water partition coefficient (Wildman–Crippen LogP) is 4.37. The van der Waals surface area contributed by atoms with Crippen molar-refractivity contribution in [3.05, 3.63) is 59.9 Å². The van der Waals surface area contributed by atoms with E-state index in [9.17, 15) is 4.79 Å². The lowest BCUT2D eigenvalue weighted by Gasteiger charge is -2.26. The van der Waals surface area contributed by atoms with Crippen molar-refractivity contribution < 1.29 is 9.53 Å². The number of methoxy groups -OCH3 is 1. The van der Waals surface area contributed by atoms with Gasteiger partial charge in [0, 0.05) is 36.8 Å². The van der Waals surface area contributed by atoms with Gasteiger partial charge in [0.15, 0.2) is 5.82 Å². The first kappa shape index (κ1) is 25.9. The zero-order valence-electron chi connectivity index (χ0n) is 20.6. The highest BCUT2D eigenvalue weighted by atomic mass is 35.5.